The van der Waals surface area contributed by atoms with E-state index in [1.807, 2.05) is 51.4 Å². The summed E-state index contributed by atoms with van der Waals surface area (Å²) >= 11 is 0. The van der Waals surface area contributed by atoms with E-state index in [1.54, 1.807) is 17.9 Å². The van der Waals surface area contributed by atoms with E-state index in [9.17, 15) is 9.59 Å². The molecule has 2 aromatic heterocycles. The Morgan fingerprint density at radius 3 is 2.40 bits per heavy atom. The van der Waals surface area contributed by atoms with Gasteiger partial charge in [0.1, 0.15) is 22.7 Å². The molecule has 0 saturated carbocycles. The number of hydrogen-bond donors (Lipinski definition) is 1. The minimum atomic E-state index is -0.547. The second-order valence-corrected chi connectivity index (χ2v) is 11.9. The summed E-state index contributed by atoms with van der Waals surface area (Å²) in [6.07, 6.45) is 1.94. The number of hydrogen-bond acceptors (Lipinski definition) is 7. The molecule has 0 radical (unpaired) electrons. The van der Waals surface area contributed by atoms with Crippen LogP contribution in [0.4, 0.5) is 0 Å². The standard InChI is InChI=1S/C25H30N3O4S2.ClH/c1-14-19(12-33-34-13-21(29)32-7)28(9-8-20(14)31-6)23-26-17-10-15-16(11-18(17)27-23)25(4,5)22(30)24(15,2)3;/h8-11H,12-13H2,1-7H3,(H,26,27);1H/q+1;/p-1. The van der Waals surface area contributed by atoms with Gasteiger partial charge in [-0.25, -0.2) is 9.55 Å². The van der Waals surface area contributed by atoms with E-state index in [2.05, 4.69) is 17.1 Å². The van der Waals surface area contributed by atoms with E-state index in [4.69, 9.17) is 14.5 Å². The van der Waals surface area contributed by atoms with Gasteiger partial charge in [-0.15, -0.1) is 0 Å². The third-order valence-electron chi connectivity index (χ3n) is 6.69. The predicted molar refractivity (Wildman–Crippen MR) is 136 cm³/mol. The Labute approximate surface area is 219 Å². The number of nitrogens with one attached hydrogen (secondary N) is 1. The summed E-state index contributed by atoms with van der Waals surface area (Å²) < 4.78 is 12.3. The van der Waals surface area contributed by atoms with Crippen LogP contribution < -0.4 is 21.7 Å². The van der Waals surface area contributed by atoms with Crippen molar-refractivity contribution in [2.75, 3.05) is 20.0 Å². The maximum atomic E-state index is 13.0. The second kappa shape index (κ2) is 10.0. The monoisotopic (exact) mass is 535 g/mol. The largest absolute Gasteiger partial charge is 1.00 e. The molecule has 0 fully saturated rings. The number of H-pyrrole nitrogens is 1. The summed E-state index contributed by atoms with van der Waals surface area (Å²) in [6.45, 7) is 9.99. The van der Waals surface area contributed by atoms with E-state index in [0.29, 0.717) is 11.7 Å². The molecule has 188 valence electrons. The third kappa shape index (κ3) is 4.66. The smallest absolute Gasteiger partial charge is 0.402 e. The quantitative estimate of drug-likeness (QED) is 0.211. The summed E-state index contributed by atoms with van der Waals surface area (Å²) in [6, 6.07) is 6.05. The summed E-state index contributed by atoms with van der Waals surface area (Å²) in [5.41, 5.74) is 4.75. The van der Waals surface area contributed by atoms with Crippen LogP contribution in [0, 0.1) is 6.92 Å². The molecule has 0 amide bonds. The van der Waals surface area contributed by atoms with Gasteiger partial charge in [-0.1, -0.05) is 26.6 Å². The Hall–Kier alpha value is -2.23. The second-order valence-electron chi connectivity index (χ2n) is 9.48. The van der Waals surface area contributed by atoms with Crippen molar-refractivity contribution in [1.82, 2.24) is 9.97 Å². The number of ketones is 1. The number of pyridine rings is 1. The zero-order valence-electron chi connectivity index (χ0n) is 20.9. The van der Waals surface area contributed by atoms with Crippen molar-refractivity contribution >= 4 is 44.4 Å². The van der Waals surface area contributed by atoms with Crippen LogP contribution in [0.3, 0.4) is 0 Å². The van der Waals surface area contributed by atoms with Gasteiger partial charge in [0.05, 0.1) is 26.2 Å². The van der Waals surface area contributed by atoms with Crippen molar-refractivity contribution in [3.8, 4) is 11.7 Å². The number of Topliss-reactive ketones (excluding diaryl/α,β-unsaturated/α-hetero) is 1. The van der Waals surface area contributed by atoms with Gasteiger partial charge in [0.15, 0.2) is 11.3 Å². The Morgan fingerprint density at radius 2 is 1.77 bits per heavy atom. The number of carbonyl (C=O) groups excluding carboxylic acids is 2. The van der Waals surface area contributed by atoms with Crippen LogP contribution in [0.15, 0.2) is 24.4 Å². The fourth-order valence-corrected chi connectivity index (χ4v) is 6.71. The lowest BCUT2D eigenvalue weighted by atomic mass is 9.80. The van der Waals surface area contributed by atoms with Crippen molar-refractivity contribution in [2.24, 2.45) is 0 Å². The van der Waals surface area contributed by atoms with Crippen molar-refractivity contribution in [3.63, 3.8) is 0 Å². The van der Waals surface area contributed by atoms with Gasteiger partial charge >= 0.3 is 11.9 Å². The molecule has 0 spiro atoms. The van der Waals surface area contributed by atoms with Gasteiger partial charge in [0, 0.05) is 22.5 Å². The van der Waals surface area contributed by atoms with E-state index < -0.39 is 10.8 Å². The Kier molecular flexibility index (Phi) is 7.84. The molecule has 0 aliphatic heterocycles. The fraction of sp³-hybridized carbons (Fsp3) is 0.440. The number of esters is 1. The van der Waals surface area contributed by atoms with E-state index in [1.165, 1.54) is 17.9 Å². The number of aromatic nitrogens is 3. The zero-order chi connectivity index (χ0) is 24.8. The number of halogens is 1. The van der Waals surface area contributed by atoms with Crippen molar-refractivity contribution < 1.29 is 36.0 Å². The SMILES string of the molecule is COC(=O)CSSCc1c(C)c(OC)cc[n+]1-c1nc2cc3c(cc2[nH]1)C(C)(C)C(=O)C3(C)C.[Cl-]. The summed E-state index contributed by atoms with van der Waals surface area (Å²) in [5, 5.41) is 0. The molecule has 3 aromatic rings. The molecular weight excluding hydrogens is 506 g/mol. The van der Waals surface area contributed by atoms with Gasteiger partial charge in [-0.2, -0.15) is 0 Å². The highest BCUT2D eigenvalue weighted by atomic mass is 35.5. The number of methoxy groups -OCH3 is 2. The van der Waals surface area contributed by atoms with E-state index in [-0.39, 0.29) is 29.9 Å². The Balaban J connectivity index is 0.00000342. The third-order valence-corrected chi connectivity index (χ3v) is 8.81. The lowest BCUT2D eigenvalue weighted by molar-refractivity contribution is -0.610. The van der Waals surface area contributed by atoms with Crippen LogP contribution in [0.5, 0.6) is 5.75 Å². The molecule has 0 saturated heterocycles. The van der Waals surface area contributed by atoms with Gasteiger partial charge in [-0.05, 0) is 57.9 Å². The highest BCUT2D eigenvalue weighted by Crippen LogP contribution is 2.47. The molecule has 2 heterocycles. The van der Waals surface area contributed by atoms with Crippen LogP contribution >= 0.6 is 21.6 Å². The van der Waals surface area contributed by atoms with Crippen molar-refractivity contribution in [3.05, 3.63) is 46.8 Å². The van der Waals surface area contributed by atoms with E-state index >= 15 is 0 Å². The van der Waals surface area contributed by atoms with Crippen LogP contribution in [-0.2, 0) is 30.9 Å². The average molecular weight is 536 g/mol. The summed E-state index contributed by atoms with van der Waals surface area (Å²) in [7, 11) is 6.08. The average Bonchev–Trinajstić information content (AvgIpc) is 3.28. The van der Waals surface area contributed by atoms with Crippen LogP contribution in [0.25, 0.3) is 17.0 Å². The molecule has 1 N–H and O–H groups in total. The minimum absolute atomic E-state index is 0. The minimum Gasteiger partial charge on any atom is -1.00 e. The van der Waals surface area contributed by atoms with Crippen LogP contribution in [-0.4, -0.2) is 41.7 Å². The number of imidazole rings is 1. The number of fused-ring (bicyclic) bond motifs is 2. The molecule has 0 bridgehead atoms. The lowest BCUT2D eigenvalue weighted by Crippen LogP contribution is -3.00. The molecule has 1 aromatic carbocycles. The number of nitrogens with zero attached hydrogens (tertiary/aromatic N) is 2. The summed E-state index contributed by atoms with van der Waals surface area (Å²) in [5.74, 6) is 2.40. The predicted octanol–water partition coefficient (Wildman–Crippen LogP) is 1.35. The lowest BCUT2D eigenvalue weighted by Gasteiger charge is -2.21. The Morgan fingerprint density at radius 1 is 1.11 bits per heavy atom. The number of benzene rings is 1. The van der Waals surface area contributed by atoms with Gasteiger partial charge < -0.3 is 21.9 Å². The van der Waals surface area contributed by atoms with E-state index in [0.717, 1.165) is 39.2 Å². The first-order valence-electron chi connectivity index (χ1n) is 11.0. The molecule has 7 nitrogen and oxygen atoms in total. The maximum absolute atomic E-state index is 13.0. The first kappa shape index (κ1) is 27.4. The van der Waals surface area contributed by atoms with Crippen molar-refractivity contribution in [2.45, 2.75) is 51.2 Å². The molecule has 1 aliphatic carbocycles. The topological polar surface area (TPSA) is 85.2 Å². The van der Waals surface area contributed by atoms with Crippen LogP contribution in [0.1, 0.15) is 50.1 Å². The number of carbonyl (C=O) groups is 2. The zero-order valence-corrected chi connectivity index (χ0v) is 23.3. The van der Waals surface area contributed by atoms with Gasteiger partial charge in [0.25, 0.3) is 0 Å². The van der Waals surface area contributed by atoms with Gasteiger partial charge in [0.2, 0.25) is 0 Å². The molecule has 0 atom stereocenters. The molecule has 10 heteroatoms. The molecule has 1 aliphatic rings. The molecule has 35 heavy (non-hydrogen) atoms. The number of aromatic amines is 1. The Bertz CT molecular complexity index is 1250. The first-order valence-corrected chi connectivity index (χ1v) is 13.5. The maximum Gasteiger partial charge on any atom is 0.402 e. The number of ether oxygens (including phenoxy) is 2. The van der Waals surface area contributed by atoms with Crippen LogP contribution in [0.2, 0.25) is 0 Å². The first-order chi connectivity index (χ1) is 16.0. The fourth-order valence-electron chi connectivity index (χ4n) is 4.74. The number of rotatable bonds is 7. The highest BCUT2D eigenvalue weighted by Gasteiger charge is 2.50. The molecule has 4 rings (SSSR count). The highest BCUT2D eigenvalue weighted by molar-refractivity contribution is 8.76. The van der Waals surface area contributed by atoms with Gasteiger partial charge in [-0.3, -0.25) is 9.59 Å². The normalized spacial score (nSPS) is 15.6. The summed E-state index contributed by atoms with van der Waals surface area (Å²) in [4.78, 5) is 32.8. The van der Waals surface area contributed by atoms with Crippen molar-refractivity contribution in [1.29, 1.82) is 0 Å². The molecular formula is C25H30ClN3O4S2. The molecule has 0 unspecified atom stereocenters.